The van der Waals surface area contributed by atoms with Crippen molar-refractivity contribution in [2.75, 3.05) is 51.5 Å². The van der Waals surface area contributed by atoms with Gasteiger partial charge in [0.2, 0.25) is 5.88 Å². The predicted octanol–water partition coefficient (Wildman–Crippen LogP) is 1.08. The Balaban J connectivity index is 1.68. The highest BCUT2D eigenvalue weighted by Gasteiger charge is 2.30. The number of carbonyl (C=O) groups excluding carboxylic acids is 1. The molecule has 1 aromatic heterocycles. The molecule has 2 atom stereocenters. The molecule has 2 fully saturated rings. The number of rotatable bonds is 10. The van der Waals surface area contributed by atoms with E-state index in [4.69, 9.17) is 14.2 Å². The summed E-state index contributed by atoms with van der Waals surface area (Å²) in [7, 11) is 1.71. The number of pyridine rings is 1. The summed E-state index contributed by atoms with van der Waals surface area (Å²) in [6.45, 7) is 7.47. The van der Waals surface area contributed by atoms with Gasteiger partial charge in [-0.15, -0.1) is 0 Å². The van der Waals surface area contributed by atoms with Crippen molar-refractivity contribution in [3.05, 3.63) is 17.8 Å². The van der Waals surface area contributed by atoms with Crippen LogP contribution in [0.3, 0.4) is 0 Å². The van der Waals surface area contributed by atoms with Crippen LogP contribution in [0, 0.1) is 11.8 Å². The molecule has 28 heavy (non-hydrogen) atoms. The van der Waals surface area contributed by atoms with E-state index < -0.39 is 0 Å². The van der Waals surface area contributed by atoms with Crippen LogP contribution < -0.4 is 15.0 Å². The highest BCUT2D eigenvalue weighted by atomic mass is 16.5. The van der Waals surface area contributed by atoms with Crippen LogP contribution in [0.2, 0.25) is 0 Å². The summed E-state index contributed by atoms with van der Waals surface area (Å²) in [5.74, 6) is 0.745. The topological polar surface area (TPSA) is 93.2 Å². The number of hydrogen-bond acceptors (Lipinski definition) is 7. The number of ether oxygens (including phenoxy) is 3. The lowest BCUT2D eigenvalue weighted by Crippen LogP contribution is -2.52. The first-order valence-corrected chi connectivity index (χ1v) is 9.91. The van der Waals surface area contributed by atoms with E-state index in [0.717, 1.165) is 18.8 Å². The molecule has 1 amide bonds. The highest BCUT2D eigenvalue weighted by Crippen LogP contribution is 2.31. The molecule has 156 valence electrons. The van der Waals surface area contributed by atoms with Gasteiger partial charge in [-0.05, 0) is 31.4 Å². The summed E-state index contributed by atoms with van der Waals surface area (Å²) >= 11 is 0. The summed E-state index contributed by atoms with van der Waals surface area (Å²) in [5.41, 5.74) is 1.21. The Morgan fingerprint density at radius 3 is 2.75 bits per heavy atom. The monoisotopic (exact) mass is 393 g/mol. The fourth-order valence-corrected chi connectivity index (χ4v) is 3.30. The number of methoxy groups -OCH3 is 1. The van der Waals surface area contributed by atoms with Crippen molar-refractivity contribution in [1.29, 1.82) is 0 Å². The van der Waals surface area contributed by atoms with Crippen LogP contribution >= 0.6 is 0 Å². The standard InChI is InChI=1S/C20H31N3O5/c1-13(9-24)6-14(2)21-19(25)17-4-5-18(23-7-16(8-23)26-3)20(22-17)28-12-15-10-27-11-15/h4-5,13-16,24H,6-12H2,1-3H3,(H,21,25)/t13-,14-/m0/s1. The molecule has 0 aromatic carbocycles. The number of carbonyl (C=O) groups is 1. The van der Waals surface area contributed by atoms with Crippen molar-refractivity contribution >= 4 is 11.6 Å². The van der Waals surface area contributed by atoms with Crippen LogP contribution in [0.15, 0.2) is 12.1 Å². The number of hydrogen-bond donors (Lipinski definition) is 2. The minimum atomic E-state index is -0.237. The smallest absolute Gasteiger partial charge is 0.270 e. The Morgan fingerprint density at radius 1 is 1.39 bits per heavy atom. The van der Waals surface area contributed by atoms with Crippen molar-refractivity contribution in [3.63, 3.8) is 0 Å². The molecule has 0 radical (unpaired) electrons. The van der Waals surface area contributed by atoms with Gasteiger partial charge in [0.05, 0.1) is 25.9 Å². The van der Waals surface area contributed by atoms with Gasteiger partial charge in [-0.1, -0.05) is 6.92 Å². The van der Waals surface area contributed by atoms with Crippen molar-refractivity contribution in [2.45, 2.75) is 32.4 Å². The highest BCUT2D eigenvalue weighted by molar-refractivity contribution is 5.93. The van der Waals surface area contributed by atoms with Gasteiger partial charge in [0.15, 0.2) is 0 Å². The van der Waals surface area contributed by atoms with Gasteiger partial charge in [-0.3, -0.25) is 4.79 Å². The zero-order valence-corrected chi connectivity index (χ0v) is 16.9. The third kappa shape index (κ3) is 5.12. The molecule has 8 heteroatoms. The molecular formula is C20H31N3O5. The van der Waals surface area contributed by atoms with E-state index in [-0.39, 0.29) is 30.6 Å². The summed E-state index contributed by atoms with van der Waals surface area (Å²) in [6.07, 6.45) is 0.919. The minimum Gasteiger partial charge on any atom is -0.476 e. The molecule has 3 heterocycles. The zero-order chi connectivity index (χ0) is 20.1. The number of amides is 1. The molecule has 8 nitrogen and oxygen atoms in total. The first-order chi connectivity index (χ1) is 13.5. The number of nitrogens with one attached hydrogen (secondary N) is 1. The Kier molecular flexibility index (Phi) is 7.09. The SMILES string of the molecule is COC1CN(c2ccc(C(=O)N[C@@H](C)C[C@H](C)CO)nc2OCC2COC2)C1. The van der Waals surface area contributed by atoms with Gasteiger partial charge in [0.25, 0.3) is 5.91 Å². The van der Waals surface area contributed by atoms with Crippen molar-refractivity contribution < 1.29 is 24.1 Å². The van der Waals surface area contributed by atoms with Gasteiger partial charge < -0.3 is 29.5 Å². The number of aliphatic hydroxyl groups excluding tert-OH is 1. The van der Waals surface area contributed by atoms with Crippen LogP contribution in [0.1, 0.15) is 30.8 Å². The molecule has 1 aromatic rings. The zero-order valence-electron chi connectivity index (χ0n) is 16.9. The van der Waals surface area contributed by atoms with Crippen LogP contribution in [0.4, 0.5) is 5.69 Å². The molecule has 0 saturated carbocycles. The quantitative estimate of drug-likeness (QED) is 0.614. The summed E-state index contributed by atoms with van der Waals surface area (Å²) < 4.78 is 16.5. The lowest BCUT2D eigenvalue weighted by atomic mass is 10.0. The number of anilines is 1. The average Bonchev–Trinajstić information content (AvgIpc) is 2.60. The van der Waals surface area contributed by atoms with Crippen LogP contribution in [0.5, 0.6) is 5.88 Å². The van der Waals surface area contributed by atoms with E-state index in [2.05, 4.69) is 15.2 Å². The molecule has 2 aliphatic rings. The molecule has 0 spiro atoms. The van der Waals surface area contributed by atoms with Gasteiger partial charge in [-0.25, -0.2) is 4.98 Å². The third-order valence-electron chi connectivity index (χ3n) is 5.20. The third-order valence-corrected chi connectivity index (χ3v) is 5.20. The maximum Gasteiger partial charge on any atom is 0.270 e. The summed E-state index contributed by atoms with van der Waals surface area (Å²) in [6, 6.07) is 3.57. The molecule has 2 aliphatic heterocycles. The second-order valence-corrected chi connectivity index (χ2v) is 7.90. The van der Waals surface area contributed by atoms with E-state index in [1.54, 1.807) is 13.2 Å². The van der Waals surface area contributed by atoms with Gasteiger partial charge in [0.1, 0.15) is 11.4 Å². The molecule has 0 bridgehead atoms. The molecule has 2 saturated heterocycles. The first kappa shape index (κ1) is 20.8. The first-order valence-electron chi connectivity index (χ1n) is 9.91. The molecular weight excluding hydrogens is 362 g/mol. The van der Waals surface area contributed by atoms with E-state index >= 15 is 0 Å². The molecule has 0 unspecified atom stereocenters. The minimum absolute atomic E-state index is 0.0505. The lowest BCUT2D eigenvalue weighted by Gasteiger charge is -2.40. The van der Waals surface area contributed by atoms with E-state index in [9.17, 15) is 9.90 Å². The fraction of sp³-hybridized carbons (Fsp3) is 0.700. The Morgan fingerprint density at radius 2 is 2.14 bits per heavy atom. The Bertz CT molecular complexity index is 661. The molecule has 2 N–H and O–H groups in total. The van der Waals surface area contributed by atoms with E-state index in [1.807, 2.05) is 19.9 Å². The van der Waals surface area contributed by atoms with Crippen LogP contribution in [-0.4, -0.2) is 74.8 Å². The van der Waals surface area contributed by atoms with Crippen LogP contribution in [-0.2, 0) is 9.47 Å². The maximum absolute atomic E-state index is 12.6. The average molecular weight is 393 g/mol. The normalized spacial score (nSPS) is 19.5. The Hall–Kier alpha value is -1.90. The molecule has 0 aliphatic carbocycles. The predicted molar refractivity (Wildman–Crippen MR) is 105 cm³/mol. The fourth-order valence-electron chi connectivity index (χ4n) is 3.30. The lowest BCUT2D eigenvalue weighted by molar-refractivity contribution is -0.0514. The van der Waals surface area contributed by atoms with Gasteiger partial charge in [-0.2, -0.15) is 0 Å². The largest absolute Gasteiger partial charge is 0.476 e. The van der Waals surface area contributed by atoms with Gasteiger partial charge in [0, 0.05) is 38.8 Å². The maximum atomic E-state index is 12.6. The summed E-state index contributed by atoms with van der Waals surface area (Å²) in [5, 5.41) is 12.1. The second-order valence-electron chi connectivity index (χ2n) is 7.90. The van der Waals surface area contributed by atoms with Crippen molar-refractivity contribution in [1.82, 2.24) is 10.3 Å². The second kappa shape index (κ2) is 9.54. The van der Waals surface area contributed by atoms with Gasteiger partial charge >= 0.3 is 0 Å². The van der Waals surface area contributed by atoms with Crippen molar-refractivity contribution in [2.24, 2.45) is 11.8 Å². The number of aromatic nitrogens is 1. The van der Waals surface area contributed by atoms with E-state index in [1.165, 1.54) is 0 Å². The van der Waals surface area contributed by atoms with Crippen molar-refractivity contribution in [3.8, 4) is 5.88 Å². The van der Waals surface area contributed by atoms with E-state index in [0.29, 0.717) is 43.7 Å². The number of nitrogens with zero attached hydrogens (tertiary/aromatic N) is 2. The molecule has 3 rings (SSSR count). The summed E-state index contributed by atoms with van der Waals surface area (Å²) in [4.78, 5) is 19.2. The number of aliphatic hydroxyl groups is 1. The van der Waals surface area contributed by atoms with Crippen LogP contribution in [0.25, 0.3) is 0 Å². The Labute approximate surface area is 166 Å².